The molecule has 0 rings (SSSR count). The molecule has 0 aliphatic rings. The minimum Gasteiger partial charge on any atom is -0.369 e. The number of hydrogen-bond acceptors (Lipinski definition) is 1. The molecule has 0 atom stereocenters. The quantitative estimate of drug-likeness (QED) is 0.522. The van der Waals surface area contributed by atoms with Crippen molar-refractivity contribution in [3.63, 3.8) is 0 Å². The average molecular weight is 179 g/mol. The molecule has 0 bridgehead atoms. The van der Waals surface area contributed by atoms with Crippen LogP contribution in [0.5, 0.6) is 0 Å². The van der Waals surface area contributed by atoms with Gasteiger partial charge in [0.2, 0.25) is 5.91 Å². The highest BCUT2D eigenvalue weighted by Crippen LogP contribution is 2.07. The highest BCUT2D eigenvalue weighted by atomic mass is 16.1. The lowest BCUT2D eigenvalue weighted by molar-refractivity contribution is -0.117. The molecule has 1 amide bonds. The van der Waals surface area contributed by atoms with Crippen LogP contribution in [-0.4, -0.2) is 5.91 Å². The summed E-state index contributed by atoms with van der Waals surface area (Å²) in [6, 6.07) is 0. The van der Waals surface area contributed by atoms with E-state index in [0.29, 0.717) is 6.42 Å². The minimum absolute atomic E-state index is 0.284. The first-order chi connectivity index (χ1) is 6.07. The second-order valence-corrected chi connectivity index (χ2v) is 2.53. The van der Waals surface area contributed by atoms with Crippen LogP contribution in [0.25, 0.3) is 0 Å². The van der Waals surface area contributed by atoms with Crippen LogP contribution in [0.3, 0.4) is 0 Å². The lowest BCUT2D eigenvalue weighted by Crippen LogP contribution is -2.08. The lowest BCUT2D eigenvalue weighted by atomic mass is 10.1. The summed E-state index contributed by atoms with van der Waals surface area (Å²) < 4.78 is 0. The first-order valence-electron chi connectivity index (χ1n) is 3.99. The van der Waals surface area contributed by atoms with E-state index in [2.05, 4.69) is 12.8 Å². The van der Waals surface area contributed by atoms with E-state index in [1.165, 1.54) is 5.57 Å². The molecule has 2 N–H and O–H groups in total. The van der Waals surface area contributed by atoms with Crippen LogP contribution in [0.4, 0.5) is 0 Å². The van der Waals surface area contributed by atoms with Gasteiger partial charge in [-0.15, -0.1) is 12.8 Å². The largest absolute Gasteiger partial charge is 0.369 e. The number of allylic oxidation sites excluding steroid dienone is 3. The fraction of sp³-hybridized carbons (Fsp3) is 0.364. The van der Waals surface area contributed by atoms with Gasteiger partial charge in [0.05, 0.1) is 0 Å². The zero-order valence-corrected chi connectivity index (χ0v) is 8.50. The van der Waals surface area contributed by atoms with E-state index >= 15 is 0 Å². The number of terminal acetylenes is 1. The molecule has 13 heavy (non-hydrogen) atoms. The molecule has 0 radical (unpaired) electrons. The smallest absolute Gasteiger partial charge is 0.221 e. The van der Waals surface area contributed by atoms with E-state index in [9.17, 15) is 4.79 Å². The highest BCUT2D eigenvalue weighted by molar-refractivity contribution is 5.75. The van der Waals surface area contributed by atoms with Gasteiger partial charge in [0, 0.05) is 6.42 Å². The molecule has 0 spiro atoms. The van der Waals surface area contributed by atoms with Gasteiger partial charge in [-0.05, 0) is 20.8 Å². The Kier molecular flexibility index (Phi) is 9.31. The molecule has 0 aromatic carbocycles. The Hall–Kier alpha value is -1.49. The number of nitrogens with two attached hydrogens (primary N) is 1. The molecule has 0 saturated heterocycles. The molecular formula is C11H17NO. The van der Waals surface area contributed by atoms with Crippen LogP contribution in [0.2, 0.25) is 0 Å². The van der Waals surface area contributed by atoms with Gasteiger partial charge >= 0.3 is 0 Å². The summed E-state index contributed by atoms with van der Waals surface area (Å²) in [5, 5.41) is 0. The highest BCUT2D eigenvalue weighted by Gasteiger charge is 1.92. The van der Waals surface area contributed by atoms with E-state index in [-0.39, 0.29) is 5.91 Å². The predicted octanol–water partition coefficient (Wildman–Crippen LogP) is 2.02. The van der Waals surface area contributed by atoms with Crippen molar-refractivity contribution in [2.45, 2.75) is 27.2 Å². The van der Waals surface area contributed by atoms with Crippen molar-refractivity contribution in [1.29, 1.82) is 0 Å². The van der Waals surface area contributed by atoms with Crippen LogP contribution in [0.1, 0.15) is 27.2 Å². The summed E-state index contributed by atoms with van der Waals surface area (Å²) in [4.78, 5) is 10.4. The van der Waals surface area contributed by atoms with E-state index in [1.807, 2.05) is 32.9 Å². The SMILES string of the molecule is C#C.C/C=C(C)\C(C)=C/CC(N)=O. The number of amides is 1. The van der Waals surface area contributed by atoms with Crippen molar-refractivity contribution in [2.75, 3.05) is 0 Å². The van der Waals surface area contributed by atoms with Crippen molar-refractivity contribution in [3.05, 3.63) is 23.3 Å². The molecule has 72 valence electrons. The molecule has 2 heteroatoms. The van der Waals surface area contributed by atoms with E-state index < -0.39 is 0 Å². The molecule has 0 heterocycles. The molecule has 0 aliphatic carbocycles. The summed E-state index contributed by atoms with van der Waals surface area (Å²) in [7, 11) is 0. The number of rotatable bonds is 3. The second-order valence-electron chi connectivity index (χ2n) is 2.53. The first-order valence-corrected chi connectivity index (χ1v) is 3.99. The van der Waals surface area contributed by atoms with E-state index in [4.69, 9.17) is 5.73 Å². The maximum absolute atomic E-state index is 10.4. The van der Waals surface area contributed by atoms with Crippen LogP contribution in [0.15, 0.2) is 23.3 Å². The van der Waals surface area contributed by atoms with E-state index in [0.717, 1.165) is 5.57 Å². The molecule has 0 aromatic heterocycles. The van der Waals surface area contributed by atoms with Crippen LogP contribution >= 0.6 is 0 Å². The summed E-state index contributed by atoms with van der Waals surface area (Å²) in [6.07, 6.45) is 12.2. The number of carbonyl (C=O) groups excluding carboxylic acids is 1. The Morgan fingerprint density at radius 2 is 1.77 bits per heavy atom. The predicted molar refractivity (Wildman–Crippen MR) is 56.9 cm³/mol. The number of hydrogen-bond donors (Lipinski definition) is 1. The molecule has 2 nitrogen and oxygen atoms in total. The summed E-state index contributed by atoms with van der Waals surface area (Å²) in [5.74, 6) is -0.284. The summed E-state index contributed by atoms with van der Waals surface area (Å²) >= 11 is 0. The van der Waals surface area contributed by atoms with Crippen LogP contribution in [-0.2, 0) is 4.79 Å². The standard InChI is InChI=1S/C9H15NO.C2H2/c1-4-7(2)8(3)5-6-9(10)11;1-2/h4-5H,6H2,1-3H3,(H2,10,11);1-2H/b7-4-,8-5-;. The van der Waals surface area contributed by atoms with Gasteiger partial charge in [0.15, 0.2) is 0 Å². The Morgan fingerprint density at radius 1 is 1.31 bits per heavy atom. The van der Waals surface area contributed by atoms with E-state index in [1.54, 1.807) is 0 Å². The topological polar surface area (TPSA) is 43.1 Å². The maximum Gasteiger partial charge on any atom is 0.221 e. The molecule has 0 aromatic rings. The van der Waals surface area contributed by atoms with Gasteiger partial charge in [0.1, 0.15) is 0 Å². The summed E-state index contributed by atoms with van der Waals surface area (Å²) in [5.41, 5.74) is 7.28. The van der Waals surface area contributed by atoms with Gasteiger partial charge in [-0.25, -0.2) is 0 Å². The van der Waals surface area contributed by atoms with Crippen LogP contribution < -0.4 is 5.73 Å². The summed E-state index contributed by atoms with van der Waals surface area (Å²) in [6.45, 7) is 5.95. The number of carbonyl (C=O) groups is 1. The Labute approximate surface area is 80.5 Å². The number of primary amides is 1. The lowest BCUT2D eigenvalue weighted by Gasteiger charge is -1.98. The molecular weight excluding hydrogens is 162 g/mol. The molecule has 0 fully saturated rings. The van der Waals surface area contributed by atoms with Gasteiger partial charge < -0.3 is 5.73 Å². The third-order valence-electron chi connectivity index (χ3n) is 1.66. The van der Waals surface area contributed by atoms with Crippen LogP contribution in [0, 0.1) is 12.8 Å². The van der Waals surface area contributed by atoms with Crippen molar-refractivity contribution in [2.24, 2.45) is 5.73 Å². The van der Waals surface area contributed by atoms with Crippen molar-refractivity contribution < 1.29 is 4.79 Å². The first kappa shape index (κ1) is 14.1. The Morgan fingerprint density at radius 3 is 2.08 bits per heavy atom. The van der Waals surface area contributed by atoms with Gasteiger partial charge in [-0.2, -0.15) is 0 Å². The minimum atomic E-state index is -0.284. The average Bonchev–Trinajstić information content (AvgIpc) is 2.16. The second kappa shape index (κ2) is 8.61. The normalized spacial score (nSPS) is 11.5. The zero-order chi connectivity index (χ0) is 10.9. The third kappa shape index (κ3) is 8.42. The zero-order valence-electron chi connectivity index (χ0n) is 8.50. The molecule has 0 aliphatic heterocycles. The monoisotopic (exact) mass is 179 g/mol. The molecule has 0 saturated carbocycles. The van der Waals surface area contributed by atoms with Gasteiger partial charge in [0.25, 0.3) is 0 Å². The van der Waals surface area contributed by atoms with Crippen molar-refractivity contribution >= 4 is 5.91 Å². The van der Waals surface area contributed by atoms with Gasteiger partial charge in [-0.1, -0.05) is 23.3 Å². The molecule has 0 unspecified atom stereocenters. The Balaban J connectivity index is 0. The Bertz CT molecular complexity index is 234. The van der Waals surface area contributed by atoms with Crippen molar-refractivity contribution in [1.82, 2.24) is 0 Å². The van der Waals surface area contributed by atoms with Gasteiger partial charge in [-0.3, -0.25) is 4.79 Å². The maximum atomic E-state index is 10.4. The fourth-order valence-electron chi connectivity index (χ4n) is 0.642. The van der Waals surface area contributed by atoms with Crippen molar-refractivity contribution in [3.8, 4) is 12.8 Å². The third-order valence-corrected chi connectivity index (χ3v) is 1.66. The fourth-order valence-corrected chi connectivity index (χ4v) is 0.642.